The van der Waals surface area contributed by atoms with E-state index in [1.807, 2.05) is 0 Å². The molecule has 5 heteroatoms. The lowest BCUT2D eigenvalue weighted by molar-refractivity contribution is 0.0320. The molecule has 72 valence electrons. The fraction of sp³-hybridized carbons (Fsp3) is 0.750. The van der Waals surface area contributed by atoms with Crippen molar-refractivity contribution in [2.24, 2.45) is 5.73 Å². The van der Waals surface area contributed by atoms with Crippen LogP contribution in [0.15, 0.2) is 4.52 Å². The van der Waals surface area contributed by atoms with Crippen LogP contribution in [-0.2, 0) is 10.3 Å². The van der Waals surface area contributed by atoms with Gasteiger partial charge in [0.25, 0.3) is 0 Å². The first-order valence-electron chi connectivity index (χ1n) is 4.38. The molecule has 1 atom stereocenters. The van der Waals surface area contributed by atoms with E-state index in [0.29, 0.717) is 18.3 Å². The minimum absolute atomic E-state index is 0.478. The van der Waals surface area contributed by atoms with E-state index in [0.717, 1.165) is 19.4 Å². The maximum atomic E-state index is 6.08. The van der Waals surface area contributed by atoms with Crippen molar-refractivity contribution in [3.05, 3.63) is 11.7 Å². The fourth-order valence-corrected chi connectivity index (χ4v) is 1.49. The van der Waals surface area contributed by atoms with Gasteiger partial charge in [-0.15, -0.1) is 0 Å². The third-order valence-corrected chi connectivity index (χ3v) is 2.24. The van der Waals surface area contributed by atoms with Crippen molar-refractivity contribution >= 4 is 0 Å². The number of nitrogens with two attached hydrogens (primary N) is 1. The summed E-state index contributed by atoms with van der Waals surface area (Å²) in [4.78, 5) is 4.12. The molecule has 0 bridgehead atoms. The van der Waals surface area contributed by atoms with E-state index >= 15 is 0 Å². The van der Waals surface area contributed by atoms with Crippen LogP contribution in [0.5, 0.6) is 0 Å². The smallest absolute Gasteiger partial charge is 0.223 e. The average Bonchev–Trinajstić information content (AvgIpc) is 2.54. The number of hydrogen-bond donors (Lipinski definition) is 1. The van der Waals surface area contributed by atoms with Crippen molar-refractivity contribution in [1.29, 1.82) is 0 Å². The minimum atomic E-state index is -0.546. The number of nitrogens with zero attached hydrogens (tertiary/aromatic N) is 2. The molecule has 2 rings (SSSR count). The van der Waals surface area contributed by atoms with Gasteiger partial charge in [-0.05, 0) is 12.8 Å². The van der Waals surface area contributed by atoms with Gasteiger partial charge in [-0.25, -0.2) is 0 Å². The highest BCUT2D eigenvalue weighted by Crippen LogP contribution is 2.25. The molecule has 13 heavy (non-hydrogen) atoms. The van der Waals surface area contributed by atoms with Crippen molar-refractivity contribution in [2.45, 2.75) is 25.3 Å². The summed E-state index contributed by atoms with van der Waals surface area (Å²) in [6.07, 6.45) is 1.80. The molecule has 1 aromatic rings. The van der Waals surface area contributed by atoms with Crippen molar-refractivity contribution < 1.29 is 9.26 Å². The number of rotatable bonds is 1. The average molecular weight is 183 g/mol. The summed E-state index contributed by atoms with van der Waals surface area (Å²) in [6, 6.07) is 0. The Morgan fingerprint density at radius 1 is 1.54 bits per heavy atom. The van der Waals surface area contributed by atoms with Crippen LogP contribution in [0.1, 0.15) is 24.6 Å². The second kappa shape index (κ2) is 3.08. The molecule has 2 heterocycles. The summed E-state index contributed by atoms with van der Waals surface area (Å²) in [6.45, 7) is 3.01. The van der Waals surface area contributed by atoms with Crippen LogP contribution in [0.4, 0.5) is 0 Å². The predicted molar refractivity (Wildman–Crippen MR) is 45.0 cm³/mol. The zero-order valence-electron chi connectivity index (χ0n) is 7.62. The Hall–Kier alpha value is -0.940. The van der Waals surface area contributed by atoms with Crippen LogP contribution in [0.3, 0.4) is 0 Å². The number of aryl methyl sites for hydroxylation is 1. The second-order valence-corrected chi connectivity index (χ2v) is 3.45. The third-order valence-electron chi connectivity index (χ3n) is 2.24. The predicted octanol–water partition coefficient (Wildman–Crippen LogP) is 0.342. The summed E-state index contributed by atoms with van der Waals surface area (Å²) in [5.41, 5.74) is 5.54. The Morgan fingerprint density at radius 3 is 2.92 bits per heavy atom. The van der Waals surface area contributed by atoms with E-state index in [9.17, 15) is 0 Å². The largest absolute Gasteiger partial charge is 0.379 e. The quantitative estimate of drug-likeness (QED) is 0.679. The Balaban J connectivity index is 2.22. The molecule has 1 saturated heterocycles. The molecule has 1 aromatic heterocycles. The Morgan fingerprint density at radius 2 is 2.38 bits per heavy atom. The summed E-state index contributed by atoms with van der Waals surface area (Å²) < 4.78 is 10.2. The van der Waals surface area contributed by atoms with E-state index < -0.39 is 5.54 Å². The molecule has 5 nitrogen and oxygen atoms in total. The molecule has 0 radical (unpaired) electrons. The molecule has 0 aliphatic carbocycles. The van der Waals surface area contributed by atoms with E-state index in [2.05, 4.69) is 10.1 Å². The first-order valence-corrected chi connectivity index (χ1v) is 4.38. The molecule has 1 aliphatic heterocycles. The Labute approximate surface area is 76.3 Å². The van der Waals surface area contributed by atoms with Crippen molar-refractivity contribution in [3.8, 4) is 0 Å². The first kappa shape index (κ1) is 8.65. The van der Waals surface area contributed by atoms with Gasteiger partial charge in [0, 0.05) is 13.5 Å². The molecular formula is C8H13N3O2. The molecular weight excluding hydrogens is 170 g/mol. The van der Waals surface area contributed by atoms with Crippen molar-refractivity contribution in [3.63, 3.8) is 0 Å². The highest BCUT2D eigenvalue weighted by molar-refractivity contribution is 5.04. The number of ether oxygens (including phenoxy) is 1. The first-order chi connectivity index (χ1) is 6.21. The van der Waals surface area contributed by atoms with Gasteiger partial charge in [0.15, 0.2) is 5.82 Å². The van der Waals surface area contributed by atoms with Crippen LogP contribution in [0.25, 0.3) is 0 Å². The van der Waals surface area contributed by atoms with Gasteiger partial charge in [0.1, 0.15) is 5.54 Å². The van der Waals surface area contributed by atoms with E-state index in [1.165, 1.54) is 0 Å². The highest BCUT2D eigenvalue weighted by Gasteiger charge is 2.34. The number of hydrogen-bond acceptors (Lipinski definition) is 5. The molecule has 0 aromatic carbocycles. The molecule has 0 amide bonds. The molecule has 0 saturated carbocycles. The summed E-state index contributed by atoms with van der Waals surface area (Å²) in [7, 11) is 0. The molecule has 0 spiro atoms. The summed E-state index contributed by atoms with van der Waals surface area (Å²) in [5.74, 6) is 1.11. The summed E-state index contributed by atoms with van der Waals surface area (Å²) in [5, 5.41) is 3.82. The third kappa shape index (κ3) is 1.57. The zero-order chi connectivity index (χ0) is 9.31. The van der Waals surface area contributed by atoms with Crippen LogP contribution < -0.4 is 5.73 Å². The summed E-state index contributed by atoms with van der Waals surface area (Å²) >= 11 is 0. The van der Waals surface area contributed by atoms with E-state index in [4.69, 9.17) is 15.0 Å². The van der Waals surface area contributed by atoms with Gasteiger partial charge in [-0.3, -0.25) is 0 Å². The lowest BCUT2D eigenvalue weighted by Gasteiger charge is -2.29. The van der Waals surface area contributed by atoms with Gasteiger partial charge in [-0.1, -0.05) is 5.16 Å². The van der Waals surface area contributed by atoms with Gasteiger partial charge < -0.3 is 15.0 Å². The molecule has 1 aliphatic rings. The van der Waals surface area contributed by atoms with Crippen LogP contribution >= 0.6 is 0 Å². The zero-order valence-corrected chi connectivity index (χ0v) is 7.62. The molecule has 1 unspecified atom stereocenters. The highest BCUT2D eigenvalue weighted by atomic mass is 16.5. The Bertz CT molecular complexity index is 291. The lowest BCUT2D eigenvalue weighted by Crippen LogP contribution is -2.45. The van der Waals surface area contributed by atoms with Gasteiger partial charge >= 0.3 is 0 Å². The SMILES string of the molecule is Cc1nc(C2(N)CCCOC2)no1. The fourth-order valence-electron chi connectivity index (χ4n) is 1.49. The van der Waals surface area contributed by atoms with E-state index in [-0.39, 0.29) is 0 Å². The maximum absolute atomic E-state index is 6.08. The van der Waals surface area contributed by atoms with Gasteiger partial charge in [-0.2, -0.15) is 4.98 Å². The van der Waals surface area contributed by atoms with Crippen LogP contribution in [0.2, 0.25) is 0 Å². The topological polar surface area (TPSA) is 74.2 Å². The minimum Gasteiger partial charge on any atom is -0.379 e. The monoisotopic (exact) mass is 183 g/mol. The Kier molecular flexibility index (Phi) is 2.05. The second-order valence-electron chi connectivity index (χ2n) is 3.45. The number of aromatic nitrogens is 2. The molecule has 2 N–H and O–H groups in total. The van der Waals surface area contributed by atoms with E-state index in [1.54, 1.807) is 6.92 Å². The van der Waals surface area contributed by atoms with Crippen molar-refractivity contribution in [2.75, 3.05) is 13.2 Å². The standard InChI is InChI=1S/C8H13N3O2/c1-6-10-7(11-13-6)8(9)3-2-4-12-5-8/h2-5,9H2,1H3. The maximum Gasteiger partial charge on any atom is 0.223 e. The van der Waals surface area contributed by atoms with Crippen molar-refractivity contribution in [1.82, 2.24) is 10.1 Å². The van der Waals surface area contributed by atoms with Crippen LogP contribution in [0, 0.1) is 6.92 Å². The van der Waals surface area contributed by atoms with Gasteiger partial charge in [0.05, 0.1) is 6.61 Å². The molecule has 1 fully saturated rings. The van der Waals surface area contributed by atoms with Crippen LogP contribution in [-0.4, -0.2) is 23.4 Å². The lowest BCUT2D eigenvalue weighted by atomic mass is 9.93. The van der Waals surface area contributed by atoms with Gasteiger partial charge in [0.2, 0.25) is 5.89 Å². The normalized spacial score (nSPS) is 29.1.